The molecule has 10 heteroatoms. The number of ketones is 1. The minimum atomic E-state index is -1.17. The Morgan fingerprint density at radius 3 is 2.26 bits per heavy atom. The normalized spacial score (nSPS) is 37.6. The van der Waals surface area contributed by atoms with Crippen molar-refractivity contribution in [2.45, 2.75) is 138 Å². The van der Waals surface area contributed by atoms with E-state index < -0.39 is 22.9 Å². The first-order valence-electron chi connectivity index (χ1n) is 18.8. The van der Waals surface area contributed by atoms with Gasteiger partial charge in [0.2, 0.25) is 5.95 Å². The maximum atomic E-state index is 13.9. The summed E-state index contributed by atoms with van der Waals surface area (Å²) in [5.74, 6) is -0.0113. The number of nitrogens with zero attached hydrogens (tertiary/aromatic N) is 2. The van der Waals surface area contributed by atoms with Crippen molar-refractivity contribution in [2.75, 3.05) is 5.32 Å². The van der Waals surface area contributed by atoms with E-state index in [-0.39, 0.29) is 63.8 Å². The molecule has 10 nitrogen and oxygen atoms in total. The molecule has 0 bridgehead atoms. The molecule has 1 aromatic rings. The molecule has 0 aliphatic heterocycles. The van der Waals surface area contributed by atoms with Gasteiger partial charge in [0, 0.05) is 24.2 Å². The Labute approximate surface area is 297 Å². The van der Waals surface area contributed by atoms with Gasteiger partial charge < -0.3 is 15.2 Å². The summed E-state index contributed by atoms with van der Waals surface area (Å²) >= 11 is 0. The highest BCUT2D eigenvalue weighted by Gasteiger charge is 2.70. The lowest BCUT2D eigenvalue weighted by Crippen LogP contribution is -2.67. The molecule has 2 amide bonds. The Morgan fingerprint density at radius 1 is 0.940 bits per heavy atom. The van der Waals surface area contributed by atoms with Crippen LogP contribution in [0.15, 0.2) is 29.6 Å². The SMILES string of the molecule is CC(C)C1=C2[C@H]3CC[C@@H]4[C@@]5(C)CC[C@H](OC(=O)CC(C)(C)C(=O)O)C(C)(C)[C@@H]5CC[C@@]4(C)[C@]3(C)CC[C@@]2(NC(=O)Nc2ncccn2)CC1=O. The number of Topliss-reactive ketones (excluding diaryl/α,β-unsaturated/α-hetero) is 1. The second-order valence-electron chi connectivity index (χ2n) is 18.6. The highest BCUT2D eigenvalue weighted by Crippen LogP contribution is 2.76. The maximum absolute atomic E-state index is 13.9. The van der Waals surface area contributed by atoms with E-state index in [9.17, 15) is 24.3 Å². The minimum absolute atomic E-state index is 0.0132. The van der Waals surface area contributed by atoms with Crippen LogP contribution in [0.2, 0.25) is 0 Å². The summed E-state index contributed by atoms with van der Waals surface area (Å²) in [5.41, 5.74) is -0.0885. The van der Waals surface area contributed by atoms with E-state index in [0.717, 1.165) is 50.5 Å². The number of nitrogens with one attached hydrogen (secondary N) is 2. The molecule has 0 spiro atoms. The molecule has 0 radical (unpaired) electrons. The quantitative estimate of drug-likeness (QED) is 0.246. The van der Waals surface area contributed by atoms with E-state index in [1.807, 2.05) is 0 Å². The Morgan fingerprint density at radius 2 is 1.62 bits per heavy atom. The number of esters is 1. The number of hydrogen-bond donors (Lipinski definition) is 3. The van der Waals surface area contributed by atoms with Crippen LogP contribution >= 0.6 is 0 Å². The van der Waals surface area contributed by atoms with Gasteiger partial charge >= 0.3 is 18.0 Å². The molecule has 4 fully saturated rings. The van der Waals surface area contributed by atoms with Crippen LogP contribution in [0.4, 0.5) is 10.7 Å². The molecule has 50 heavy (non-hydrogen) atoms. The molecule has 8 atom stereocenters. The van der Waals surface area contributed by atoms with E-state index in [4.69, 9.17) is 4.74 Å². The van der Waals surface area contributed by atoms with Gasteiger partial charge in [0.05, 0.1) is 17.4 Å². The number of amides is 2. The first-order chi connectivity index (χ1) is 23.2. The Hall–Kier alpha value is -3.30. The molecule has 5 aliphatic rings. The number of aliphatic carboxylic acids is 1. The number of carboxylic acids is 1. The van der Waals surface area contributed by atoms with Crippen LogP contribution in [-0.2, 0) is 19.1 Å². The van der Waals surface area contributed by atoms with E-state index in [1.54, 1.807) is 32.3 Å². The Balaban J connectivity index is 1.28. The van der Waals surface area contributed by atoms with Crippen LogP contribution in [-0.4, -0.2) is 50.5 Å². The number of urea groups is 1. The van der Waals surface area contributed by atoms with Gasteiger partial charge in [-0.15, -0.1) is 0 Å². The number of ether oxygens (including phenoxy) is 1. The van der Waals surface area contributed by atoms with Crippen LogP contribution < -0.4 is 10.6 Å². The number of fused-ring (bicyclic) bond motifs is 7. The summed E-state index contributed by atoms with van der Waals surface area (Å²) in [7, 11) is 0. The monoisotopic (exact) mass is 690 g/mol. The molecular formula is C40H58N4O6. The van der Waals surface area contributed by atoms with Crippen LogP contribution in [0.5, 0.6) is 0 Å². The first kappa shape index (κ1) is 36.5. The van der Waals surface area contributed by atoms with E-state index in [2.05, 4.69) is 69.1 Å². The topological polar surface area (TPSA) is 148 Å². The maximum Gasteiger partial charge on any atom is 0.322 e. The van der Waals surface area contributed by atoms with Gasteiger partial charge in [0.25, 0.3) is 0 Å². The summed E-state index contributed by atoms with van der Waals surface area (Å²) in [6.45, 7) is 19.3. The van der Waals surface area contributed by atoms with E-state index >= 15 is 0 Å². The van der Waals surface area contributed by atoms with Crippen LogP contribution in [0.25, 0.3) is 0 Å². The number of carbonyl (C=O) groups excluding carboxylic acids is 3. The van der Waals surface area contributed by atoms with Crippen molar-refractivity contribution in [3.8, 4) is 0 Å². The van der Waals surface area contributed by atoms with Gasteiger partial charge in [-0.25, -0.2) is 14.8 Å². The van der Waals surface area contributed by atoms with Crippen molar-refractivity contribution in [3.05, 3.63) is 29.6 Å². The van der Waals surface area contributed by atoms with Gasteiger partial charge in [0.15, 0.2) is 5.78 Å². The average Bonchev–Trinajstić information content (AvgIpc) is 3.30. The van der Waals surface area contributed by atoms with Crippen LogP contribution in [0, 0.1) is 50.7 Å². The molecule has 274 valence electrons. The number of rotatable bonds is 7. The van der Waals surface area contributed by atoms with Crippen LogP contribution in [0.3, 0.4) is 0 Å². The lowest BCUT2D eigenvalue weighted by molar-refractivity contribution is -0.232. The predicted molar refractivity (Wildman–Crippen MR) is 190 cm³/mol. The summed E-state index contributed by atoms with van der Waals surface area (Å²) < 4.78 is 6.14. The lowest BCUT2D eigenvalue weighted by Gasteiger charge is -2.72. The fraction of sp³-hybridized carbons (Fsp3) is 0.750. The molecule has 1 heterocycles. The molecule has 6 rings (SSSR count). The second kappa shape index (κ2) is 12.1. The Bertz CT molecular complexity index is 1600. The zero-order valence-electron chi connectivity index (χ0n) is 31.6. The summed E-state index contributed by atoms with van der Waals surface area (Å²) in [4.78, 5) is 60.5. The highest BCUT2D eigenvalue weighted by molar-refractivity contribution is 6.02. The van der Waals surface area contributed by atoms with Crippen molar-refractivity contribution >= 4 is 29.7 Å². The second-order valence-corrected chi connectivity index (χ2v) is 18.6. The molecule has 5 aliphatic carbocycles. The van der Waals surface area contributed by atoms with Gasteiger partial charge in [0.1, 0.15) is 6.10 Å². The van der Waals surface area contributed by atoms with Gasteiger partial charge in [-0.1, -0.05) is 48.5 Å². The van der Waals surface area contributed by atoms with Crippen molar-refractivity contribution in [3.63, 3.8) is 0 Å². The highest BCUT2D eigenvalue weighted by atomic mass is 16.5. The summed E-state index contributed by atoms with van der Waals surface area (Å²) in [6.07, 6.45) is 10.5. The van der Waals surface area contributed by atoms with Crippen molar-refractivity contribution in [1.29, 1.82) is 0 Å². The minimum Gasteiger partial charge on any atom is -0.481 e. The standard InChI is InChI=1S/C40H58N4O6/c1-23(2)30-25(45)21-40(44-34(49)43-33-41-19-10-20-42-33)18-17-38(8)24(31(30)40)11-12-27-37(7)15-14-28(50-29(46)22-35(3,4)32(47)48)36(5,6)26(37)13-16-39(27,38)9/h10,19-20,23-24,26-28H,11-18,21-22H2,1-9H3,(H,47,48)(H2,41,42,43,44,49)/t24-,26+,27-,28+,37+,38-,39-,40-/m1/s1. The van der Waals surface area contributed by atoms with Gasteiger partial charge in [-0.3, -0.25) is 19.7 Å². The van der Waals surface area contributed by atoms with E-state index in [1.165, 1.54) is 5.57 Å². The average molecular weight is 691 g/mol. The van der Waals surface area contributed by atoms with Crippen molar-refractivity contribution < 1.29 is 29.0 Å². The molecule has 0 aromatic carbocycles. The third-order valence-electron chi connectivity index (χ3n) is 15.0. The number of hydrogen-bond acceptors (Lipinski definition) is 7. The number of carboxylic acid groups (broad SMARTS) is 1. The third-order valence-corrected chi connectivity index (χ3v) is 15.0. The van der Waals surface area contributed by atoms with Crippen LogP contribution in [0.1, 0.15) is 127 Å². The fourth-order valence-corrected chi connectivity index (χ4v) is 12.3. The summed E-state index contributed by atoms with van der Waals surface area (Å²) in [6, 6.07) is 1.32. The van der Waals surface area contributed by atoms with E-state index in [0.29, 0.717) is 24.7 Å². The predicted octanol–water partition coefficient (Wildman–Crippen LogP) is 7.74. The van der Waals surface area contributed by atoms with Crippen molar-refractivity contribution in [1.82, 2.24) is 15.3 Å². The smallest absolute Gasteiger partial charge is 0.322 e. The van der Waals surface area contributed by atoms with Crippen molar-refractivity contribution in [2.24, 2.45) is 50.7 Å². The number of aromatic nitrogens is 2. The zero-order chi connectivity index (χ0) is 36.7. The molecule has 0 unspecified atom stereocenters. The Kier molecular flexibility index (Phi) is 8.87. The first-order valence-corrected chi connectivity index (χ1v) is 18.8. The number of anilines is 1. The number of carbonyl (C=O) groups is 4. The third kappa shape index (κ3) is 5.49. The largest absolute Gasteiger partial charge is 0.481 e. The molecule has 0 saturated heterocycles. The molecule has 1 aromatic heterocycles. The molecular weight excluding hydrogens is 632 g/mol. The fourth-order valence-electron chi connectivity index (χ4n) is 12.3. The molecule has 3 N–H and O–H groups in total. The lowest BCUT2D eigenvalue weighted by atomic mass is 9.33. The van der Waals surface area contributed by atoms with Gasteiger partial charge in [-0.2, -0.15) is 0 Å². The van der Waals surface area contributed by atoms with Gasteiger partial charge in [-0.05, 0) is 122 Å². The zero-order valence-corrected chi connectivity index (χ0v) is 31.6. The number of allylic oxidation sites excluding steroid dienone is 1. The molecule has 4 saturated carbocycles. The summed E-state index contributed by atoms with van der Waals surface area (Å²) in [5, 5.41) is 15.7.